The number of amides is 1. The number of aromatic amines is 1. The van der Waals surface area contributed by atoms with E-state index in [0.29, 0.717) is 6.54 Å². The van der Waals surface area contributed by atoms with Crippen LogP contribution in [0, 0.1) is 0 Å². The highest BCUT2D eigenvalue weighted by atomic mass is 32.1. The van der Waals surface area contributed by atoms with E-state index >= 15 is 0 Å². The Kier molecular flexibility index (Phi) is 3.04. The molecule has 21 heavy (non-hydrogen) atoms. The number of thiophene rings is 1. The number of carbonyl (C=O) groups excluding carboxylic acids is 1. The van der Waals surface area contributed by atoms with E-state index in [1.165, 1.54) is 34.6 Å². The third kappa shape index (κ3) is 2.25. The summed E-state index contributed by atoms with van der Waals surface area (Å²) < 4.78 is 0. The lowest BCUT2D eigenvalue weighted by Crippen LogP contribution is -2.22. The minimum absolute atomic E-state index is 0.00578. The summed E-state index contributed by atoms with van der Waals surface area (Å²) in [6.45, 7) is 0.622. The van der Waals surface area contributed by atoms with Gasteiger partial charge in [0, 0.05) is 32.4 Å². The largest absolute Gasteiger partial charge is 0.361 e. The highest BCUT2D eigenvalue weighted by molar-refractivity contribution is 7.12. The molecule has 1 aliphatic rings. The maximum Gasteiger partial charge on any atom is 0.252 e. The minimum Gasteiger partial charge on any atom is -0.361 e. The van der Waals surface area contributed by atoms with E-state index < -0.39 is 0 Å². The lowest BCUT2D eigenvalue weighted by atomic mass is 10.1. The highest BCUT2D eigenvalue weighted by Gasteiger charge is 2.15. The van der Waals surface area contributed by atoms with Gasteiger partial charge in [-0.3, -0.25) is 4.79 Å². The van der Waals surface area contributed by atoms with Crippen LogP contribution in [0.15, 0.2) is 36.5 Å². The van der Waals surface area contributed by atoms with Crippen molar-refractivity contribution in [3.8, 4) is 0 Å². The van der Waals surface area contributed by atoms with Crippen molar-refractivity contribution in [3.05, 3.63) is 57.4 Å². The summed E-state index contributed by atoms with van der Waals surface area (Å²) >= 11 is 1.84. The van der Waals surface area contributed by atoms with Crippen LogP contribution in [0.5, 0.6) is 0 Å². The summed E-state index contributed by atoms with van der Waals surface area (Å²) in [6, 6.07) is 9.97. The maximum absolute atomic E-state index is 12.4. The predicted molar refractivity (Wildman–Crippen MR) is 85.8 cm³/mol. The second-order valence-electron chi connectivity index (χ2n) is 5.44. The van der Waals surface area contributed by atoms with Crippen molar-refractivity contribution in [1.29, 1.82) is 0 Å². The Labute approximate surface area is 127 Å². The van der Waals surface area contributed by atoms with E-state index in [4.69, 9.17) is 0 Å². The van der Waals surface area contributed by atoms with Gasteiger partial charge >= 0.3 is 0 Å². The van der Waals surface area contributed by atoms with Crippen LogP contribution < -0.4 is 5.32 Å². The quantitative estimate of drug-likeness (QED) is 0.761. The number of hydrogen-bond acceptors (Lipinski definition) is 2. The summed E-state index contributed by atoms with van der Waals surface area (Å²) in [5, 5.41) is 4.02. The first-order valence-corrected chi connectivity index (χ1v) is 8.08. The van der Waals surface area contributed by atoms with Gasteiger partial charge in [-0.2, -0.15) is 0 Å². The standard InChI is InChI=1S/C17H16N2OS/c20-17(14-4-2-5-15-13(14)7-8-18-15)19-10-12-9-11-3-1-6-16(11)21-12/h2,4-5,7-9,18H,1,3,6,10H2,(H,19,20). The van der Waals surface area contributed by atoms with Crippen molar-refractivity contribution in [3.63, 3.8) is 0 Å². The van der Waals surface area contributed by atoms with E-state index in [1.54, 1.807) is 0 Å². The minimum atomic E-state index is -0.00578. The Bertz CT molecular complexity index is 794. The molecule has 0 fully saturated rings. The van der Waals surface area contributed by atoms with Gasteiger partial charge in [0.2, 0.25) is 0 Å². The molecule has 0 radical (unpaired) electrons. The lowest BCUT2D eigenvalue weighted by Gasteiger charge is -2.05. The smallest absolute Gasteiger partial charge is 0.252 e. The van der Waals surface area contributed by atoms with Crippen molar-refractivity contribution < 1.29 is 4.79 Å². The van der Waals surface area contributed by atoms with Gasteiger partial charge in [-0.15, -0.1) is 11.3 Å². The molecule has 0 unspecified atom stereocenters. The summed E-state index contributed by atoms with van der Waals surface area (Å²) in [5.41, 5.74) is 3.22. The first-order chi connectivity index (χ1) is 10.3. The zero-order valence-corrected chi connectivity index (χ0v) is 12.4. The summed E-state index contributed by atoms with van der Waals surface area (Å²) in [4.78, 5) is 18.3. The Hall–Kier alpha value is -2.07. The fourth-order valence-corrected chi connectivity index (χ4v) is 4.22. The van der Waals surface area contributed by atoms with Crippen molar-refractivity contribution in [1.82, 2.24) is 10.3 Å². The Morgan fingerprint density at radius 1 is 1.29 bits per heavy atom. The molecule has 0 atom stereocenters. The molecule has 4 heteroatoms. The van der Waals surface area contributed by atoms with Crippen LogP contribution >= 0.6 is 11.3 Å². The van der Waals surface area contributed by atoms with E-state index in [0.717, 1.165) is 16.5 Å². The van der Waals surface area contributed by atoms with Crippen LogP contribution in [-0.4, -0.2) is 10.9 Å². The van der Waals surface area contributed by atoms with Gasteiger partial charge in [0.05, 0.1) is 6.54 Å². The first kappa shape index (κ1) is 12.7. The van der Waals surface area contributed by atoms with Crippen molar-refractivity contribution in [2.24, 2.45) is 0 Å². The highest BCUT2D eigenvalue weighted by Crippen LogP contribution is 2.30. The molecule has 0 bridgehead atoms. The summed E-state index contributed by atoms with van der Waals surface area (Å²) in [5.74, 6) is -0.00578. The molecule has 0 saturated carbocycles. The van der Waals surface area contributed by atoms with Gasteiger partial charge < -0.3 is 10.3 Å². The molecule has 2 aromatic heterocycles. The fraction of sp³-hybridized carbons (Fsp3) is 0.235. The van der Waals surface area contributed by atoms with Gasteiger partial charge in [0.15, 0.2) is 0 Å². The Morgan fingerprint density at radius 3 is 3.14 bits per heavy atom. The second-order valence-corrected chi connectivity index (χ2v) is 6.66. The zero-order valence-electron chi connectivity index (χ0n) is 11.6. The van der Waals surface area contributed by atoms with Crippen molar-refractivity contribution in [2.75, 3.05) is 0 Å². The topological polar surface area (TPSA) is 44.9 Å². The molecule has 0 aliphatic heterocycles. The molecule has 2 heterocycles. The monoisotopic (exact) mass is 296 g/mol. The van der Waals surface area contributed by atoms with E-state index in [1.807, 2.05) is 41.8 Å². The molecular weight excluding hydrogens is 280 g/mol. The van der Waals surface area contributed by atoms with Crippen LogP contribution in [-0.2, 0) is 19.4 Å². The molecule has 3 nitrogen and oxygen atoms in total. The molecule has 4 rings (SSSR count). The third-order valence-corrected chi connectivity index (χ3v) is 5.30. The molecular formula is C17H16N2OS. The number of benzene rings is 1. The van der Waals surface area contributed by atoms with E-state index in [9.17, 15) is 4.79 Å². The van der Waals surface area contributed by atoms with E-state index in [2.05, 4.69) is 16.4 Å². The van der Waals surface area contributed by atoms with Crippen LogP contribution in [0.4, 0.5) is 0 Å². The summed E-state index contributed by atoms with van der Waals surface area (Å²) in [6.07, 6.45) is 5.55. The SMILES string of the molecule is O=C(NCc1cc2c(s1)CCC2)c1cccc2[nH]ccc12. The number of rotatable bonds is 3. The van der Waals surface area contributed by atoms with Gasteiger partial charge in [0.25, 0.3) is 5.91 Å². The number of nitrogens with one attached hydrogen (secondary N) is 2. The molecule has 0 saturated heterocycles. The van der Waals surface area contributed by atoms with Crippen LogP contribution in [0.1, 0.15) is 32.1 Å². The maximum atomic E-state index is 12.4. The van der Waals surface area contributed by atoms with Crippen LogP contribution in [0.25, 0.3) is 10.9 Å². The Morgan fingerprint density at radius 2 is 2.24 bits per heavy atom. The lowest BCUT2D eigenvalue weighted by molar-refractivity contribution is 0.0953. The normalized spacial score (nSPS) is 13.5. The van der Waals surface area contributed by atoms with Crippen LogP contribution in [0.3, 0.4) is 0 Å². The summed E-state index contributed by atoms with van der Waals surface area (Å²) in [7, 11) is 0. The van der Waals surface area contributed by atoms with Gasteiger partial charge in [-0.1, -0.05) is 6.07 Å². The number of hydrogen-bond donors (Lipinski definition) is 2. The van der Waals surface area contributed by atoms with Gasteiger partial charge in [-0.05, 0) is 49.1 Å². The number of aromatic nitrogens is 1. The molecule has 2 N–H and O–H groups in total. The van der Waals surface area contributed by atoms with E-state index in [-0.39, 0.29) is 5.91 Å². The molecule has 1 aromatic carbocycles. The predicted octanol–water partition coefficient (Wildman–Crippen LogP) is 3.65. The van der Waals surface area contributed by atoms with Gasteiger partial charge in [0.1, 0.15) is 0 Å². The molecule has 0 spiro atoms. The average Bonchev–Trinajstić information content (AvgIpc) is 3.18. The number of H-pyrrole nitrogens is 1. The Balaban J connectivity index is 1.51. The molecule has 106 valence electrons. The third-order valence-electron chi connectivity index (χ3n) is 4.06. The number of carbonyl (C=O) groups is 1. The average molecular weight is 296 g/mol. The fourth-order valence-electron chi connectivity index (χ4n) is 3.02. The number of aryl methyl sites for hydroxylation is 2. The molecule has 3 aromatic rings. The molecule has 1 amide bonds. The first-order valence-electron chi connectivity index (χ1n) is 7.26. The molecule has 1 aliphatic carbocycles. The van der Waals surface area contributed by atoms with Crippen molar-refractivity contribution in [2.45, 2.75) is 25.8 Å². The van der Waals surface area contributed by atoms with Crippen molar-refractivity contribution >= 4 is 28.1 Å². The number of fused-ring (bicyclic) bond motifs is 2. The van der Waals surface area contributed by atoms with Gasteiger partial charge in [-0.25, -0.2) is 0 Å². The second kappa shape index (κ2) is 5.04. The zero-order chi connectivity index (χ0) is 14.2. The van der Waals surface area contributed by atoms with Crippen LogP contribution in [0.2, 0.25) is 0 Å².